The molecule has 6 nitrogen and oxygen atoms in total. The molecule has 0 saturated carbocycles. The Morgan fingerprint density at radius 2 is 1.84 bits per heavy atom. The number of nitrogens with one attached hydrogen (secondary N) is 3. The van der Waals surface area contributed by atoms with Crippen molar-refractivity contribution in [3.8, 4) is 11.3 Å². The number of hydrogen-bond donors (Lipinski definition) is 3. The minimum absolute atomic E-state index is 0.220. The highest BCUT2D eigenvalue weighted by Gasteiger charge is 2.15. The van der Waals surface area contributed by atoms with E-state index < -0.39 is 5.95 Å². The molecule has 0 aliphatic carbocycles. The van der Waals surface area contributed by atoms with Gasteiger partial charge in [-0.2, -0.15) is 4.39 Å². The number of aromatic nitrogens is 3. The number of pyridine rings is 3. The molecule has 3 N–H and O–H groups in total. The number of anilines is 2. The molecule has 156 valence electrons. The van der Waals surface area contributed by atoms with Gasteiger partial charge < -0.3 is 15.6 Å². The zero-order valence-electron chi connectivity index (χ0n) is 16.9. The molecular formula is C24H22FN5O. The van der Waals surface area contributed by atoms with Gasteiger partial charge in [0.15, 0.2) is 0 Å². The van der Waals surface area contributed by atoms with E-state index in [4.69, 9.17) is 0 Å². The maximum absolute atomic E-state index is 13.2. The molecule has 0 atom stereocenters. The molecule has 1 aliphatic heterocycles. The van der Waals surface area contributed by atoms with Crippen molar-refractivity contribution in [2.24, 2.45) is 0 Å². The predicted molar refractivity (Wildman–Crippen MR) is 120 cm³/mol. The molecule has 1 fully saturated rings. The molecule has 1 aromatic carbocycles. The SMILES string of the molecule is O=c1[nH]ccc2cc(-c3ccc(F)nc3)nc(Nc3ccc(C4CCNCC4)cc3)c12. The standard InChI is InChI=1S/C24H22FN5O/c25-21-6-3-18(14-28-21)20-13-17-9-12-27-24(31)22(17)23(30-20)29-19-4-1-15(2-5-19)16-7-10-26-11-8-16/h1-6,9,12-14,16,26H,7-8,10-11H2,(H,27,31)(H,29,30). The summed E-state index contributed by atoms with van der Waals surface area (Å²) in [5, 5.41) is 7.91. The van der Waals surface area contributed by atoms with Crippen molar-refractivity contribution >= 4 is 22.3 Å². The van der Waals surface area contributed by atoms with Crippen LogP contribution < -0.4 is 16.2 Å². The number of H-pyrrole nitrogens is 1. The van der Waals surface area contributed by atoms with Gasteiger partial charge in [0.1, 0.15) is 5.82 Å². The summed E-state index contributed by atoms with van der Waals surface area (Å²) in [5.74, 6) is 0.480. The van der Waals surface area contributed by atoms with Gasteiger partial charge in [-0.05, 0) is 79.2 Å². The van der Waals surface area contributed by atoms with Gasteiger partial charge in [0, 0.05) is 23.6 Å². The van der Waals surface area contributed by atoms with Gasteiger partial charge in [0.05, 0.1) is 11.1 Å². The van der Waals surface area contributed by atoms with Gasteiger partial charge in [0.2, 0.25) is 5.95 Å². The van der Waals surface area contributed by atoms with Crippen molar-refractivity contribution in [1.29, 1.82) is 0 Å². The van der Waals surface area contributed by atoms with Gasteiger partial charge in [-0.15, -0.1) is 0 Å². The summed E-state index contributed by atoms with van der Waals surface area (Å²) in [7, 11) is 0. The molecule has 1 saturated heterocycles. The van der Waals surface area contributed by atoms with E-state index in [0.717, 1.165) is 37.0 Å². The summed E-state index contributed by atoms with van der Waals surface area (Å²) in [6.45, 7) is 2.10. The molecule has 0 bridgehead atoms. The summed E-state index contributed by atoms with van der Waals surface area (Å²) < 4.78 is 13.2. The Balaban J connectivity index is 1.52. The second kappa shape index (κ2) is 8.28. The highest BCUT2D eigenvalue weighted by Crippen LogP contribution is 2.30. The Hall–Kier alpha value is -3.58. The van der Waals surface area contributed by atoms with E-state index in [1.54, 1.807) is 12.3 Å². The van der Waals surface area contributed by atoms with Crippen LogP contribution in [0.3, 0.4) is 0 Å². The second-order valence-corrected chi connectivity index (χ2v) is 7.77. The zero-order chi connectivity index (χ0) is 21.2. The van der Waals surface area contributed by atoms with Crippen molar-refractivity contribution in [2.75, 3.05) is 18.4 Å². The number of piperidine rings is 1. The predicted octanol–water partition coefficient (Wildman–Crippen LogP) is 4.33. The fourth-order valence-corrected chi connectivity index (χ4v) is 4.11. The lowest BCUT2D eigenvalue weighted by atomic mass is 9.90. The number of halogens is 1. The van der Waals surface area contributed by atoms with Crippen LogP contribution in [0.2, 0.25) is 0 Å². The Bertz CT molecular complexity index is 1260. The molecule has 4 aromatic rings. The molecule has 3 aromatic heterocycles. The first-order chi connectivity index (χ1) is 15.2. The number of fused-ring (bicyclic) bond motifs is 1. The van der Waals surface area contributed by atoms with Crippen LogP contribution in [0.4, 0.5) is 15.9 Å². The van der Waals surface area contributed by atoms with E-state index in [0.29, 0.717) is 28.4 Å². The average Bonchev–Trinajstić information content (AvgIpc) is 2.80. The fourth-order valence-electron chi connectivity index (χ4n) is 4.11. The van der Waals surface area contributed by atoms with Gasteiger partial charge in [-0.25, -0.2) is 9.97 Å². The van der Waals surface area contributed by atoms with Crippen molar-refractivity contribution in [3.63, 3.8) is 0 Å². The lowest BCUT2D eigenvalue weighted by Crippen LogP contribution is -2.26. The maximum Gasteiger partial charge on any atom is 0.259 e. The number of rotatable bonds is 4. The molecule has 5 rings (SSSR count). The van der Waals surface area contributed by atoms with E-state index in [2.05, 4.69) is 37.7 Å². The smallest absolute Gasteiger partial charge is 0.259 e. The minimum atomic E-state index is -0.548. The number of hydrogen-bond acceptors (Lipinski definition) is 5. The molecule has 7 heteroatoms. The molecule has 31 heavy (non-hydrogen) atoms. The molecule has 0 radical (unpaired) electrons. The topological polar surface area (TPSA) is 82.7 Å². The number of aromatic amines is 1. The van der Waals surface area contributed by atoms with Crippen LogP contribution in [0.5, 0.6) is 0 Å². The number of nitrogens with zero attached hydrogens (tertiary/aromatic N) is 2. The van der Waals surface area contributed by atoms with E-state index >= 15 is 0 Å². The maximum atomic E-state index is 13.2. The Morgan fingerprint density at radius 1 is 1.03 bits per heavy atom. The van der Waals surface area contributed by atoms with E-state index in [9.17, 15) is 9.18 Å². The fraction of sp³-hybridized carbons (Fsp3) is 0.208. The lowest BCUT2D eigenvalue weighted by molar-refractivity contribution is 0.460. The Labute approximate surface area is 178 Å². The first-order valence-electron chi connectivity index (χ1n) is 10.4. The average molecular weight is 415 g/mol. The Morgan fingerprint density at radius 3 is 2.58 bits per heavy atom. The molecule has 0 amide bonds. The monoisotopic (exact) mass is 415 g/mol. The zero-order valence-corrected chi connectivity index (χ0v) is 16.9. The van der Waals surface area contributed by atoms with Gasteiger partial charge in [-0.3, -0.25) is 4.79 Å². The third-order valence-electron chi connectivity index (χ3n) is 5.76. The highest BCUT2D eigenvalue weighted by atomic mass is 19.1. The lowest BCUT2D eigenvalue weighted by Gasteiger charge is -2.23. The molecule has 4 heterocycles. The van der Waals surface area contributed by atoms with Crippen LogP contribution in [-0.4, -0.2) is 28.0 Å². The second-order valence-electron chi connectivity index (χ2n) is 7.77. The summed E-state index contributed by atoms with van der Waals surface area (Å²) in [5.41, 5.74) is 3.24. The van der Waals surface area contributed by atoms with Crippen LogP contribution >= 0.6 is 0 Å². The van der Waals surface area contributed by atoms with E-state index in [-0.39, 0.29) is 5.56 Å². The van der Waals surface area contributed by atoms with Crippen molar-refractivity contribution < 1.29 is 4.39 Å². The normalized spacial score (nSPS) is 14.6. The summed E-state index contributed by atoms with van der Waals surface area (Å²) in [6, 6.07) is 14.9. The molecular weight excluding hydrogens is 393 g/mol. The Kier molecular flexibility index (Phi) is 5.18. The molecule has 0 unspecified atom stereocenters. The summed E-state index contributed by atoms with van der Waals surface area (Å²) in [4.78, 5) is 23.6. The van der Waals surface area contributed by atoms with Crippen molar-refractivity contribution in [2.45, 2.75) is 18.8 Å². The largest absolute Gasteiger partial charge is 0.340 e. The van der Waals surface area contributed by atoms with Gasteiger partial charge >= 0.3 is 0 Å². The first-order valence-corrected chi connectivity index (χ1v) is 10.4. The van der Waals surface area contributed by atoms with Crippen molar-refractivity contribution in [1.82, 2.24) is 20.3 Å². The summed E-state index contributed by atoms with van der Waals surface area (Å²) >= 11 is 0. The van der Waals surface area contributed by atoms with E-state index in [1.807, 2.05) is 24.3 Å². The molecule has 1 aliphatic rings. The quantitative estimate of drug-likeness (QED) is 0.432. The van der Waals surface area contributed by atoms with Crippen LogP contribution in [0.25, 0.3) is 22.0 Å². The van der Waals surface area contributed by atoms with Crippen LogP contribution in [0.15, 0.2) is 65.7 Å². The first kappa shape index (κ1) is 19.4. The van der Waals surface area contributed by atoms with Crippen LogP contribution in [0, 0.1) is 5.95 Å². The minimum Gasteiger partial charge on any atom is -0.340 e. The van der Waals surface area contributed by atoms with E-state index in [1.165, 1.54) is 17.8 Å². The van der Waals surface area contributed by atoms with Gasteiger partial charge in [-0.1, -0.05) is 12.1 Å². The van der Waals surface area contributed by atoms with Crippen LogP contribution in [0.1, 0.15) is 24.3 Å². The third kappa shape index (κ3) is 4.04. The highest BCUT2D eigenvalue weighted by molar-refractivity contribution is 5.95. The van der Waals surface area contributed by atoms with Gasteiger partial charge in [0.25, 0.3) is 5.56 Å². The number of benzene rings is 1. The van der Waals surface area contributed by atoms with Crippen LogP contribution in [-0.2, 0) is 0 Å². The van der Waals surface area contributed by atoms with Crippen molar-refractivity contribution in [3.05, 3.63) is 82.8 Å². The third-order valence-corrected chi connectivity index (χ3v) is 5.76. The molecule has 0 spiro atoms. The summed E-state index contributed by atoms with van der Waals surface area (Å²) in [6.07, 6.45) is 5.33.